The summed E-state index contributed by atoms with van der Waals surface area (Å²) in [5.74, 6) is 0.752. The minimum absolute atomic E-state index is 0.0483. The van der Waals surface area contributed by atoms with Crippen LogP contribution in [0.1, 0.15) is 12.0 Å². The Balaban J connectivity index is 1.88. The number of hydrogen-bond donors (Lipinski definition) is 1. The van der Waals surface area contributed by atoms with Crippen LogP contribution in [-0.2, 0) is 11.3 Å². The highest BCUT2D eigenvalue weighted by atomic mass is 16.5. The molecule has 0 atom stereocenters. The highest BCUT2D eigenvalue weighted by Gasteiger charge is 2.18. The number of ether oxygens (including phenoxy) is 1. The summed E-state index contributed by atoms with van der Waals surface area (Å²) in [6, 6.07) is 7.58. The summed E-state index contributed by atoms with van der Waals surface area (Å²) in [6.07, 6.45) is 1.02. The Morgan fingerprint density at radius 2 is 2.05 bits per heavy atom. The fourth-order valence-corrected chi connectivity index (χ4v) is 2.34. The van der Waals surface area contributed by atoms with Crippen LogP contribution in [0.25, 0.3) is 0 Å². The molecule has 1 heterocycles. The van der Waals surface area contributed by atoms with Gasteiger partial charge in [0.05, 0.1) is 0 Å². The van der Waals surface area contributed by atoms with Crippen LogP contribution in [0.2, 0.25) is 0 Å². The zero-order chi connectivity index (χ0) is 14.4. The first-order valence-corrected chi connectivity index (χ1v) is 7.08. The van der Waals surface area contributed by atoms with Crippen molar-refractivity contribution in [1.29, 1.82) is 0 Å². The maximum absolute atomic E-state index is 12.2. The van der Waals surface area contributed by atoms with Crippen molar-refractivity contribution in [3.8, 4) is 5.75 Å². The van der Waals surface area contributed by atoms with E-state index in [1.165, 1.54) is 0 Å². The van der Waals surface area contributed by atoms with E-state index in [9.17, 15) is 4.79 Å². The number of amides is 1. The Hall–Kier alpha value is -1.59. The lowest BCUT2D eigenvalue weighted by atomic mass is 10.2. The summed E-state index contributed by atoms with van der Waals surface area (Å²) >= 11 is 0. The SMILES string of the molecule is CN1CCCN(C(=O)COc2ccccc2CN)CC1. The second kappa shape index (κ2) is 7.26. The molecule has 5 nitrogen and oxygen atoms in total. The molecule has 0 aliphatic carbocycles. The van der Waals surface area contributed by atoms with E-state index in [-0.39, 0.29) is 12.5 Å². The summed E-state index contributed by atoms with van der Waals surface area (Å²) in [4.78, 5) is 16.3. The van der Waals surface area contributed by atoms with Crippen molar-refractivity contribution in [2.24, 2.45) is 5.73 Å². The van der Waals surface area contributed by atoms with Crippen molar-refractivity contribution in [2.75, 3.05) is 39.8 Å². The van der Waals surface area contributed by atoms with Crippen molar-refractivity contribution in [1.82, 2.24) is 9.80 Å². The molecule has 0 aromatic heterocycles. The molecule has 1 amide bonds. The van der Waals surface area contributed by atoms with Gasteiger partial charge in [0.2, 0.25) is 0 Å². The van der Waals surface area contributed by atoms with Crippen molar-refractivity contribution >= 4 is 5.91 Å². The van der Waals surface area contributed by atoms with E-state index in [4.69, 9.17) is 10.5 Å². The number of rotatable bonds is 4. The van der Waals surface area contributed by atoms with E-state index in [1.54, 1.807) is 0 Å². The molecule has 2 N–H and O–H groups in total. The molecule has 1 aliphatic rings. The molecule has 1 aromatic carbocycles. The van der Waals surface area contributed by atoms with E-state index in [0.29, 0.717) is 12.3 Å². The van der Waals surface area contributed by atoms with Gasteiger partial charge in [-0.1, -0.05) is 18.2 Å². The van der Waals surface area contributed by atoms with Crippen LogP contribution < -0.4 is 10.5 Å². The van der Waals surface area contributed by atoms with Crippen LogP contribution in [0, 0.1) is 0 Å². The third kappa shape index (κ3) is 3.95. The number of nitrogens with two attached hydrogens (primary N) is 1. The van der Waals surface area contributed by atoms with Gasteiger partial charge in [0, 0.05) is 31.7 Å². The molecule has 0 saturated carbocycles. The van der Waals surface area contributed by atoms with Crippen molar-refractivity contribution in [3.05, 3.63) is 29.8 Å². The molecule has 1 aliphatic heterocycles. The zero-order valence-electron chi connectivity index (χ0n) is 12.0. The summed E-state index contributed by atoms with van der Waals surface area (Å²) < 4.78 is 5.63. The first-order chi connectivity index (χ1) is 9.70. The van der Waals surface area contributed by atoms with Gasteiger partial charge in [0.25, 0.3) is 5.91 Å². The smallest absolute Gasteiger partial charge is 0.260 e. The molecule has 0 bridgehead atoms. The Morgan fingerprint density at radius 3 is 2.85 bits per heavy atom. The van der Waals surface area contributed by atoms with Gasteiger partial charge in [-0.15, -0.1) is 0 Å². The number of carbonyl (C=O) groups excluding carboxylic acids is 1. The quantitative estimate of drug-likeness (QED) is 0.879. The van der Waals surface area contributed by atoms with Crippen molar-refractivity contribution in [2.45, 2.75) is 13.0 Å². The lowest BCUT2D eigenvalue weighted by Crippen LogP contribution is -2.37. The van der Waals surface area contributed by atoms with Crippen LogP contribution in [0.5, 0.6) is 5.75 Å². The van der Waals surface area contributed by atoms with Crippen LogP contribution in [0.3, 0.4) is 0 Å². The lowest BCUT2D eigenvalue weighted by molar-refractivity contribution is -0.133. The second-order valence-electron chi connectivity index (χ2n) is 5.14. The highest BCUT2D eigenvalue weighted by Crippen LogP contribution is 2.17. The zero-order valence-corrected chi connectivity index (χ0v) is 12.0. The maximum atomic E-state index is 12.2. The minimum Gasteiger partial charge on any atom is -0.483 e. The van der Waals surface area contributed by atoms with Crippen LogP contribution in [-0.4, -0.2) is 55.5 Å². The summed E-state index contributed by atoms with van der Waals surface area (Å²) in [7, 11) is 2.09. The van der Waals surface area contributed by atoms with E-state index in [0.717, 1.165) is 38.2 Å². The average molecular weight is 277 g/mol. The molecule has 20 heavy (non-hydrogen) atoms. The molecule has 1 fully saturated rings. The first kappa shape index (κ1) is 14.8. The van der Waals surface area contributed by atoms with Crippen LogP contribution >= 0.6 is 0 Å². The van der Waals surface area contributed by atoms with E-state index in [2.05, 4.69) is 11.9 Å². The number of hydrogen-bond acceptors (Lipinski definition) is 4. The van der Waals surface area contributed by atoms with E-state index >= 15 is 0 Å². The number of likely N-dealkylation sites (N-methyl/N-ethyl adjacent to an activating group) is 1. The fraction of sp³-hybridized carbons (Fsp3) is 0.533. The molecular formula is C15H23N3O2. The number of benzene rings is 1. The fourth-order valence-electron chi connectivity index (χ4n) is 2.34. The molecule has 0 unspecified atom stereocenters. The van der Waals surface area contributed by atoms with Gasteiger partial charge in [0.1, 0.15) is 5.75 Å². The third-order valence-electron chi connectivity index (χ3n) is 3.62. The Morgan fingerprint density at radius 1 is 1.25 bits per heavy atom. The van der Waals surface area contributed by atoms with Gasteiger partial charge < -0.3 is 20.3 Å². The average Bonchev–Trinajstić information content (AvgIpc) is 2.70. The number of nitrogens with zero attached hydrogens (tertiary/aromatic N) is 2. The normalized spacial score (nSPS) is 16.8. The molecule has 5 heteroatoms. The van der Waals surface area contributed by atoms with Gasteiger partial charge in [-0.05, 0) is 26.1 Å². The van der Waals surface area contributed by atoms with Gasteiger partial charge in [-0.2, -0.15) is 0 Å². The van der Waals surface area contributed by atoms with Gasteiger partial charge >= 0.3 is 0 Å². The number of carbonyl (C=O) groups is 1. The summed E-state index contributed by atoms with van der Waals surface area (Å²) in [5.41, 5.74) is 6.58. The molecule has 1 saturated heterocycles. The molecule has 0 spiro atoms. The van der Waals surface area contributed by atoms with Crippen molar-refractivity contribution < 1.29 is 9.53 Å². The molecular weight excluding hydrogens is 254 g/mol. The predicted molar refractivity (Wildman–Crippen MR) is 78.5 cm³/mol. The van der Waals surface area contributed by atoms with Gasteiger partial charge in [-0.25, -0.2) is 0 Å². The monoisotopic (exact) mass is 277 g/mol. The predicted octanol–water partition coefficient (Wildman–Crippen LogP) is 0.688. The highest BCUT2D eigenvalue weighted by molar-refractivity contribution is 5.77. The third-order valence-corrected chi connectivity index (χ3v) is 3.62. The Kier molecular flexibility index (Phi) is 5.38. The Labute approximate surface area is 120 Å². The topological polar surface area (TPSA) is 58.8 Å². The van der Waals surface area contributed by atoms with Crippen LogP contribution in [0.15, 0.2) is 24.3 Å². The molecule has 110 valence electrons. The van der Waals surface area contributed by atoms with Crippen LogP contribution in [0.4, 0.5) is 0 Å². The van der Waals surface area contributed by atoms with Crippen molar-refractivity contribution in [3.63, 3.8) is 0 Å². The molecule has 2 rings (SSSR count). The minimum atomic E-state index is 0.0483. The standard InChI is InChI=1S/C15H23N3O2/c1-17-7-4-8-18(10-9-17)15(19)12-20-14-6-3-2-5-13(14)11-16/h2-3,5-6H,4,7-12,16H2,1H3. The second-order valence-corrected chi connectivity index (χ2v) is 5.14. The lowest BCUT2D eigenvalue weighted by Gasteiger charge is -2.21. The van der Waals surface area contributed by atoms with Gasteiger partial charge in [0.15, 0.2) is 6.61 Å². The maximum Gasteiger partial charge on any atom is 0.260 e. The van der Waals surface area contributed by atoms with Gasteiger partial charge in [-0.3, -0.25) is 4.79 Å². The largest absolute Gasteiger partial charge is 0.483 e. The summed E-state index contributed by atoms with van der Waals surface area (Å²) in [5, 5.41) is 0. The molecule has 0 radical (unpaired) electrons. The summed E-state index contributed by atoms with van der Waals surface area (Å²) in [6.45, 7) is 4.05. The van der Waals surface area contributed by atoms with E-state index < -0.39 is 0 Å². The molecule has 1 aromatic rings. The first-order valence-electron chi connectivity index (χ1n) is 7.08. The number of para-hydroxylation sites is 1. The van der Waals surface area contributed by atoms with E-state index in [1.807, 2.05) is 29.2 Å². The Bertz CT molecular complexity index is 450.